The van der Waals surface area contributed by atoms with Crippen LogP contribution in [0.15, 0.2) is 28.2 Å². The molecule has 1 heterocycles. The lowest BCUT2D eigenvalue weighted by Crippen LogP contribution is -2.38. The van der Waals surface area contributed by atoms with Crippen LogP contribution in [0.25, 0.3) is 10.9 Å². The molecule has 27 heavy (non-hydrogen) atoms. The van der Waals surface area contributed by atoms with Crippen molar-refractivity contribution >= 4 is 46.2 Å². The summed E-state index contributed by atoms with van der Waals surface area (Å²) in [5.41, 5.74) is 0.255. The Hall–Kier alpha value is -2.10. The van der Waals surface area contributed by atoms with E-state index < -0.39 is 11.9 Å². The zero-order valence-corrected chi connectivity index (χ0v) is 16.7. The molecule has 2 rings (SSSR count). The molecular formula is C17H21ClN4O4S. The SMILES string of the molecule is CCOCCCn1c(SCC(=O)NC(=O)NC)nc2cc(Cl)ccc2c1=O. The van der Waals surface area contributed by atoms with Gasteiger partial charge >= 0.3 is 6.03 Å². The van der Waals surface area contributed by atoms with E-state index in [9.17, 15) is 14.4 Å². The zero-order chi connectivity index (χ0) is 19.8. The van der Waals surface area contributed by atoms with Gasteiger partial charge in [0.05, 0.1) is 16.7 Å². The lowest BCUT2D eigenvalue weighted by atomic mass is 10.2. The molecule has 0 aliphatic rings. The molecule has 0 bridgehead atoms. The summed E-state index contributed by atoms with van der Waals surface area (Å²) in [6, 6.07) is 4.30. The number of aromatic nitrogens is 2. The standard InChI is InChI=1S/C17H21ClN4O4S/c1-3-26-8-4-7-22-15(24)12-6-5-11(18)9-13(12)20-17(22)27-10-14(23)21-16(25)19-2/h5-6,9H,3-4,7-8,10H2,1-2H3,(H2,19,21,23,25). The molecule has 10 heteroatoms. The van der Waals surface area contributed by atoms with E-state index in [4.69, 9.17) is 16.3 Å². The highest BCUT2D eigenvalue weighted by atomic mass is 35.5. The van der Waals surface area contributed by atoms with Gasteiger partial charge < -0.3 is 10.1 Å². The minimum atomic E-state index is -0.590. The lowest BCUT2D eigenvalue weighted by molar-refractivity contribution is -0.117. The fraction of sp³-hybridized carbons (Fsp3) is 0.412. The Labute approximate surface area is 165 Å². The molecule has 146 valence electrons. The van der Waals surface area contributed by atoms with E-state index >= 15 is 0 Å². The fourth-order valence-corrected chi connectivity index (χ4v) is 3.30. The van der Waals surface area contributed by atoms with Gasteiger partial charge in [-0.15, -0.1) is 0 Å². The number of hydrogen-bond acceptors (Lipinski definition) is 6. The van der Waals surface area contributed by atoms with E-state index in [1.54, 1.807) is 18.2 Å². The van der Waals surface area contributed by atoms with Gasteiger partial charge in [0.25, 0.3) is 5.56 Å². The number of carbonyl (C=O) groups excluding carboxylic acids is 2. The number of ether oxygens (including phenoxy) is 1. The number of nitrogens with zero attached hydrogens (tertiary/aromatic N) is 2. The van der Waals surface area contributed by atoms with E-state index in [1.165, 1.54) is 11.6 Å². The molecule has 0 aliphatic heterocycles. The zero-order valence-electron chi connectivity index (χ0n) is 15.1. The first-order valence-electron chi connectivity index (χ1n) is 8.38. The number of hydrogen-bond donors (Lipinski definition) is 2. The summed E-state index contributed by atoms with van der Waals surface area (Å²) in [6.45, 7) is 3.43. The number of fused-ring (bicyclic) bond motifs is 1. The molecule has 2 N–H and O–H groups in total. The van der Waals surface area contributed by atoms with E-state index in [0.29, 0.717) is 47.3 Å². The second-order valence-electron chi connectivity index (χ2n) is 5.48. The van der Waals surface area contributed by atoms with Gasteiger partial charge in [-0.3, -0.25) is 19.5 Å². The van der Waals surface area contributed by atoms with Gasteiger partial charge in [0, 0.05) is 31.8 Å². The molecule has 8 nitrogen and oxygen atoms in total. The molecule has 1 aromatic heterocycles. The van der Waals surface area contributed by atoms with Crippen molar-refractivity contribution in [1.29, 1.82) is 0 Å². The Morgan fingerprint density at radius 3 is 2.85 bits per heavy atom. The van der Waals surface area contributed by atoms with Gasteiger partial charge in [-0.2, -0.15) is 0 Å². The number of imide groups is 1. The molecule has 2 aromatic rings. The smallest absolute Gasteiger partial charge is 0.321 e. The molecule has 0 radical (unpaired) electrons. The highest BCUT2D eigenvalue weighted by Gasteiger charge is 2.14. The highest BCUT2D eigenvalue weighted by molar-refractivity contribution is 7.99. The minimum absolute atomic E-state index is 0.0581. The molecule has 0 atom stereocenters. The number of carbonyl (C=O) groups is 2. The summed E-state index contributed by atoms with van der Waals surface area (Å²) in [5, 5.41) is 5.79. The Morgan fingerprint density at radius 1 is 1.37 bits per heavy atom. The van der Waals surface area contributed by atoms with Crippen molar-refractivity contribution in [2.75, 3.05) is 26.0 Å². The van der Waals surface area contributed by atoms with Crippen molar-refractivity contribution < 1.29 is 14.3 Å². The molecule has 0 unspecified atom stereocenters. The number of rotatable bonds is 8. The third-order valence-corrected chi connectivity index (χ3v) is 4.78. The van der Waals surface area contributed by atoms with Crippen molar-refractivity contribution in [3.05, 3.63) is 33.6 Å². The lowest BCUT2D eigenvalue weighted by Gasteiger charge is -2.13. The van der Waals surface area contributed by atoms with E-state index in [-0.39, 0.29) is 11.3 Å². The monoisotopic (exact) mass is 412 g/mol. The minimum Gasteiger partial charge on any atom is -0.382 e. The summed E-state index contributed by atoms with van der Waals surface area (Å²) >= 11 is 7.08. The predicted octanol–water partition coefficient (Wildman–Crippen LogP) is 2.02. The van der Waals surface area contributed by atoms with Crippen LogP contribution in [-0.4, -0.2) is 47.5 Å². The quantitative estimate of drug-likeness (QED) is 0.390. The highest BCUT2D eigenvalue weighted by Crippen LogP contribution is 2.20. The summed E-state index contributed by atoms with van der Waals surface area (Å²) in [4.78, 5) is 40.4. The van der Waals surface area contributed by atoms with Crippen molar-refractivity contribution in [3.8, 4) is 0 Å². The molecule has 0 fully saturated rings. The topological polar surface area (TPSA) is 102 Å². The van der Waals surface area contributed by atoms with Gasteiger partial charge in [-0.25, -0.2) is 9.78 Å². The van der Waals surface area contributed by atoms with Crippen LogP contribution in [0, 0.1) is 0 Å². The van der Waals surface area contributed by atoms with Crippen LogP contribution in [-0.2, 0) is 16.1 Å². The molecule has 3 amide bonds. The second-order valence-corrected chi connectivity index (χ2v) is 6.86. The molecule has 0 aliphatic carbocycles. The second kappa shape index (κ2) is 10.3. The molecule has 0 spiro atoms. The summed E-state index contributed by atoms with van der Waals surface area (Å²) in [5.74, 6) is -0.544. The van der Waals surface area contributed by atoms with Crippen LogP contribution in [0.5, 0.6) is 0 Å². The van der Waals surface area contributed by atoms with Gasteiger partial charge in [0.1, 0.15) is 0 Å². The normalized spacial score (nSPS) is 10.8. The first-order valence-corrected chi connectivity index (χ1v) is 9.74. The molecule has 1 aromatic carbocycles. The summed E-state index contributed by atoms with van der Waals surface area (Å²) < 4.78 is 6.84. The van der Waals surface area contributed by atoms with Crippen LogP contribution in [0.4, 0.5) is 4.79 Å². The van der Waals surface area contributed by atoms with Gasteiger partial charge in [0.15, 0.2) is 5.16 Å². The number of benzene rings is 1. The van der Waals surface area contributed by atoms with E-state index in [2.05, 4.69) is 15.6 Å². The fourth-order valence-electron chi connectivity index (χ4n) is 2.31. The predicted molar refractivity (Wildman–Crippen MR) is 105 cm³/mol. The Morgan fingerprint density at radius 2 is 2.15 bits per heavy atom. The first-order chi connectivity index (χ1) is 13.0. The number of halogens is 1. The summed E-state index contributed by atoms with van der Waals surface area (Å²) in [7, 11) is 1.42. The summed E-state index contributed by atoms with van der Waals surface area (Å²) in [6.07, 6.45) is 0.631. The first kappa shape index (κ1) is 21.2. The number of urea groups is 1. The van der Waals surface area contributed by atoms with Crippen molar-refractivity contribution in [1.82, 2.24) is 20.2 Å². The van der Waals surface area contributed by atoms with Crippen LogP contribution in [0.1, 0.15) is 13.3 Å². The van der Waals surface area contributed by atoms with Crippen molar-refractivity contribution in [3.63, 3.8) is 0 Å². The van der Waals surface area contributed by atoms with Crippen LogP contribution >= 0.6 is 23.4 Å². The Kier molecular flexibility index (Phi) is 8.08. The van der Waals surface area contributed by atoms with Crippen LogP contribution < -0.4 is 16.2 Å². The molecular weight excluding hydrogens is 392 g/mol. The van der Waals surface area contributed by atoms with Gasteiger partial charge in [0.2, 0.25) is 5.91 Å². The van der Waals surface area contributed by atoms with Crippen LogP contribution in [0.3, 0.4) is 0 Å². The Bertz CT molecular complexity index is 887. The van der Waals surface area contributed by atoms with Crippen molar-refractivity contribution in [2.45, 2.75) is 25.0 Å². The molecule has 0 saturated carbocycles. The van der Waals surface area contributed by atoms with Crippen LogP contribution in [0.2, 0.25) is 5.02 Å². The number of nitrogens with one attached hydrogen (secondary N) is 2. The van der Waals surface area contributed by atoms with Crippen molar-refractivity contribution in [2.24, 2.45) is 0 Å². The third-order valence-electron chi connectivity index (χ3n) is 3.57. The van der Waals surface area contributed by atoms with E-state index in [0.717, 1.165) is 11.8 Å². The van der Waals surface area contributed by atoms with Gasteiger partial charge in [-0.1, -0.05) is 23.4 Å². The largest absolute Gasteiger partial charge is 0.382 e. The maximum Gasteiger partial charge on any atom is 0.321 e. The third kappa shape index (κ3) is 5.95. The van der Waals surface area contributed by atoms with E-state index in [1.807, 2.05) is 6.92 Å². The average Bonchev–Trinajstić information content (AvgIpc) is 2.64. The maximum absolute atomic E-state index is 12.9. The molecule has 0 saturated heterocycles. The maximum atomic E-state index is 12.9. The van der Waals surface area contributed by atoms with Gasteiger partial charge in [-0.05, 0) is 31.5 Å². The average molecular weight is 413 g/mol. The Balaban J connectivity index is 2.28. The number of amides is 3. The number of thioether (sulfide) groups is 1.